The molecule has 0 spiro atoms. The summed E-state index contributed by atoms with van der Waals surface area (Å²) in [6.07, 6.45) is -3.21. The minimum atomic E-state index is -4.29. The lowest BCUT2D eigenvalue weighted by molar-refractivity contribution is -0.148. The SMILES string of the molecule is O=COC(Cc1cc(OCC(F)(F)C(F)F)n[nH]1)c1ncccc1Cl. The lowest BCUT2D eigenvalue weighted by atomic mass is 10.1. The van der Waals surface area contributed by atoms with E-state index >= 15 is 0 Å². The van der Waals surface area contributed by atoms with E-state index in [4.69, 9.17) is 16.3 Å². The summed E-state index contributed by atoms with van der Waals surface area (Å²) in [6.45, 7) is -1.30. The lowest BCUT2D eigenvalue weighted by Crippen LogP contribution is -2.33. The molecular formula is C14H12ClF4N3O3. The molecule has 6 nitrogen and oxygen atoms in total. The first-order valence-corrected chi connectivity index (χ1v) is 7.24. The fourth-order valence-corrected chi connectivity index (χ4v) is 2.11. The van der Waals surface area contributed by atoms with E-state index in [1.54, 1.807) is 12.1 Å². The van der Waals surface area contributed by atoms with E-state index in [-0.39, 0.29) is 29.5 Å². The Morgan fingerprint density at radius 1 is 1.40 bits per heavy atom. The average Bonchev–Trinajstić information content (AvgIpc) is 3.01. The maximum Gasteiger partial charge on any atom is 0.340 e. The summed E-state index contributed by atoms with van der Waals surface area (Å²) in [5.74, 6) is -4.59. The molecule has 0 amide bonds. The van der Waals surface area contributed by atoms with Gasteiger partial charge in [0, 0.05) is 24.4 Å². The third-order valence-corrected chi connectivity index (χ3v) is 3.38. The van der Waals surface area contributed by atoms with Crippen LogP contribution >= 0.6 is 11.6 Å². The third kappa shape index (κ3) is 5.05. The van der Waals surface area contributed by atoms with Gasteiger partial charge in [-0.15, -0.1) is 5.10 Å². The molecule has 0 saturated heterocycles. The van der Waals surface area contributed by atoms with Crippen molar-refractivity contribution in [2.75, 3.05) is 6.61 Å². The number of pyridine rings is 1. The Kier molecular flexibility index (Phi) is 6.18. The van der Waals surface area contributed by atoms with Crippen LogP contribution in [0.15, 0.2) is 24.4 Å². The van der Waals surface area contributed by atoms with Crippen LogP contribution in [0, 0.1) is 0 Å². The van der Waals surface area contributed by atoms with Crippen molar-refractivity contribution in [1.82, 2.24) is 15.2 Å². The van der Waals surface area contributed by atoms with Crippen LogP contribution in [0.5, 0.6) is 5.88 Å². The first-order valence-electron chi connectivity index (χ1n) is 6.86. The second kappa shape index (κ2) is 8.15. The molecule has 11 heteroatoms. The number of hydrogen-bond donors (Lipinski definition) is 1. The average molecular weight is 382 g/mol. The van der Waals surface area contributed by atoms with Gasteiger partial charge < -0.3 is 9.47 Å². The number of aromatic nitrogens is 3. The second-order valence-corrected chi connectivity index (χ2v) is 5.28. The monoisotopic (exact) mass is 381 g/mol. The number of nitrogens with one attached hydrogen (secondary N) is 1. The van der Waals surface area contributed by atoms with E-state index in [9.17, 15) is 22.4 Å². The van der Waals surface area contributed by atoms with Gasteiger partial charge in [0.05, 0.1) is 10.7 Å². The number of halogens is 5. The summed E-state index contributed by atoms with van der Waals surface area (Å²) >= 11 is 5.99. The standard InChI is InChI=1S/C14H12ClF4N3O3/c15-9-2-1-3-20-12(9)10(25-7-23)4-8-5-11(22-21-8)24-6-14(18,19)13(16)17/h1-3,5,7,10,13H,4,6H2,(H,21,22). The molecule has 1 atom stereocenters. The van der Waals surface area contributed by atoms with Gasteiger partial charge in [-0.25, -0.2) is 8.78 Å². The van der Waals surface area contributed by atoms with Crippen molar-refractivity contribution in [3.05, 3.63) is 40.8 Å². The smallest absolute Gasteiger partial charge is 0.340 e. The number of nitrogens with zero attached hydrogens (tertiary/aromatic N) is 2. The molecular weight excluding hydrogens is 370 g/mol. The van der Waals surface area contributed by atoms with Crippen LogP contribution in [0.2, 0.25) is 5.02 Å². The first-order chi connectivity index (χ1) is 11.8. The molecule has 0 radical (unpaired) electrons. The largest absolute Gasteiger partial charge is 0.470 e. The van der Waals surface area contributed by atoms with Crippen molar-refractivity contribution < 1.29 is 31.8 Å². The van der Waals surface area contributed by atoms with Gasteiger partial charge in [-0.1, -0.05) is 11.6 Å². The van der Waals surface area contributed by atoms with Crippen molar-refractivity contribution in [3.63, 3.8) is 0 Å². The van der Waals surface area contributed by atoms with Crippen LogP contribution in [0.25, 0.3) is 0 Å². The molecule has 136 valence electrons. The number of rotatable bonds is 9. The molecule has 0 saturated carbocycles. The predicted octanol–water partition coefficient (Wildman–Crippen LogP) is 3.19. The zero-order valence-electron chi connectivity index (χ0n) is 12.5. The summed E-state index contributed by atoms with van der Waals surface area (Å²) in [5, 5.41) is 6.33. The fraction of sp³-hybridized carbons (Fsp3) is 0.357. The van der Waals surface area contributed by atoms with Gasteiger partial charge in [0.1, 0.15) is 0 Å². The molecule has 0 bridgehead atoms. The Balaban J connectivity index is 2.05. The Bertz CT molecular complexity index is 714. The number of alkyl halides is 4. The molecule has 1 N–H and O–H groups in total. The molecule has 1 unspecified atom stereocenters. The van der Waals surface area contributed by atoms with Crippen LogP contribution < -0.4 is 4.74 Å². The number of ether oxygens (including phenoxy) is 2. The van der Waals surface area contributed by atoms with Crippen molar-refractivity contribution >= 4 is 18.1 Å². The van der Waals surface area contributed by atoms with Gasteiger partial charge in [0.2, 0.25) is 5.88 Å². The van der Waals surface area contributed by atoms with Crippen molar-refractivity contribution in [2.24, 2.45) is 0 Å². The second-order valence-electron chi connectivity index (χ2n) is 4.88. The van der Waals surface area contributed by atoms with Gasteiger partial charge in [-0.05, 0) is 12.1 Å². The summed E-state index contributed by atoms with van der Waals surface area (Å²) in [6, 6.07) is 4.37. The molecule has 0 aliphatic carbocycles. The van der Waals surface area contributed by atoms with E-state index in [0.717, 1.165) is 0 Å². The molecule has 0 fully saturated rings. The zero-order chi connectivity index (χ0) is 18.4. The van der Waals surface area contributed by atoms with E-state index in [1.807, 2.05) is 0 Å². The van der Waals surface area contributed by atoms with E-state index in [2.05, 4.69) is 19.9 Å². The van der Waals surface area contributed by atoms with Crippen LogP contribution in [0.4, 0.5) is 17.6 Å². The minimum Gasteiger partial charge on any atom is -0.470 e. The predicted molar refractivity (Wildman–Crippen MR) is 77.9 cm³/mol. The summed E-state index contributed by atoms with van der Waals surface area (Å²) in [7, 11) is 0. The number of H-pyrrole nitrogens is 1. The fourth-order valence-electron chi connectivity index (χ4n) is 1.86. The van der Waals surface area contributed by atoms with Crippen LogP contribution in [0.1, 0.15) is 17.5 Å². The van der Waals surface area contributed by atoms with Crippen molar-refractivity contribution in [2.45, 2.75) is 24.9 Å². The summed E-state index contributed by atoms with van der Waals surface area (Å²) in [5.41, 5.74) is 0.626. The molecule has 0 aliphatic heterocycles. The lowest BCUT2D eigenvalue weighted by Gasteiger charge is -2.15. The minimum absolute atomic E-state index is 0.0388. The van der Waals surface area contributed by atoms with Gasteiger partial charge >= 0.3 is 12.3 Å². The van der Waals surface area contributed by atoms with Gasteiger partial charge in [0.25, 0.3) is 6.47 Å². The number of hydrogen-bond acceptors (Lipinski definition) is 5. The molecule has 25 heavy (non-hydrogen) atoms. The first kappa shape index (κ1) is 19.0. The quantitative estimate of drug-likeness (QED) is 0.533. The maximum atomic E-state index is 12.8. The Hall–Kier alpha value is -2.36. The topological polar surface area (TPSA) is 77.1 Å². The zero-order valence-corrected chi connectivity index (χ0v) is 13.2. The van der Waals surface area contributed by atoms with Crippen LogP contribution in [0.3, 0.4) is 0 Å². The highest BCUT2D eigenvalue weighted by atomic mass is 35.5. The normalized spacial score (nSPS) is 12.9. The Morgan fingerprint density at radius 2 is 2.16 bits per heavy atom. The van der Waals surface area contributed by atoms with Crippen LogP contribution in [-0.4, -0.2) is 40.6 Å². The number of carbonyl (C=O) groups is 1. The molecule has 2 rings (SSSR count). The number of aromatic amines is 1. The van der Waals surface area contributed by atoms with Gasteiger partial charge in [0.15, 0.2) is 12.7 Å². The molecule has 0 aromatic carbocycles. The highest BCUT2D eigenvalue weighted by molar-refractivity contribution is 6.31. The summed E-state index contributed by atoms with van der Waals surface area (Å²) in [4.78, 5) is 14.7. The Labute approximate surface area is 144 Å². The third-order valence-electron chi connectivity index (χ3n) is 3.06. The van der Waals surface area contributed by atoms with Gasteiger partial charge in [-0.2, -0.15) is 8.78 Å². The maximum absolute atomic E-state index is 12.8. The van der Waals surface area contributed by atoms with E-state index in [0.29, 0.717) is 5.69 Å². The molecule has 2 aromatic rings. The van der Waals surface area contributed by atoms with Gasteiger partial charge in [-0.3, -0.25) is 14.9 Å². The molecule has 2 heterocycles. The van der Waals surface area contributed by atoms with E-state index < -0.39 is 25.1 Å². The highest BCUT2D eigenvalue weighted by Crippen LogP contribution is 2.27. The molecule has 2 aromatic heterocycles. The summed E-state index contributed by atoms with van der Waals surface area (Å²) < 4.78 is 59.3. The molecule has 0 aliphatic rings. The van der Waals surface area contributed by atoms with Crippen LogP contribution in [-0.2, 0) is 16.0 Å². The Morgan fingerprint density at radius 3 is 2.80 bits per heavy atom. The number of carbonyl (C=O) groups excluding carboxylic acids is 1. The van der Waals surface area contributed by atoms with E-state index in [1.165, 1.54) is 12.3 Å². The van der Waals surface area contributed by atoms with Crippen molar-refractivity contribution in [1.29, 1.82) is 0 Å². The highest BCUT2D eigenvalue weighted by Gasteiger charge is 2.42. The van der Waals surface area contributed by atoms with Crippen molar-refractivity contribution in [3.8, 4) is 5.88 Å².